The van der Waals surface area contributed by atoms with Gasteiger partial charge in [0.05, 0.1) is 5.56 Å². The van der Waals surface area contributed by atoms with Crippen LogP contribution in [-0.4, -0.2) is 108 Å². The number of carboxylic acid groups (broad SMARTS) is 1. The number of tetrazole rings is 2. The number of rotatable bonds is 11. The number of aromatic hydroxyl groups is 2. The molecule has 0 bridgehead atoms. The number of carbonyl (C=O) groups is 4. The van der Waals surface area contributed by atoms with Crippen molar-refractivity contribution in [3.8, 4) is 11.5 Å². The van der Waals surface area contributed by atoms with Gasteiger partial charge in [-0.05, 0) is 44.1 Å². The third-order valence-corrected chi connectivity index (χ3v) is 9.42. The lowest BCUT2D eigenvalue weighted by Crippen LogP contribution is -2.71. The number of aromatic amines is 1. The summed E-state index contributed by atoms with van der Waals surface area (Å²) in [6, 6.07) is 9.74. The molecule has 2 aliphatic rings. The van der Waals surface area contributed by atoms with Gasteiger partial charge in [-0.2, -0.15) is 0 Å². The van der Waals surface area contributed by atoms with Crippen LogP contribution in [0, 0.1) is 0 Å². The highest BCUT2D eigenvalue weighted by atomic mass is 32.2. The zero-order valence-electron chi connectivity index (χ0n) is 23.3. The first-order valence-electron chi connectivity index (χ1n) is 13.4. The second-order valence-electron chi connectivity index (χ2n) is 9.90. The number of phenols is 2. The predicted octanol–water partition coefficient (Wildman–Crippen LogP) is -0.352. The summed E-state index contributed by atoms with van der Waals surface area (Å²) in [7, 11) is 0. The van der Waals surface area contributed by atoms with Gasteiger partial charge in [0.1, 0.15) is 29.7 Å². The van der Waals surface area contributed by atoms with Crippen molar-refractivity contribution >= 4 is 47.2 Å². The molecule has 6 N–H and O–H groups in total. The third-order valence-electron chi connectivity index (χ3n) is 7.04. The van der Waals surface area contributed by atoms with E-state index in [2.05, 4.69) is 46.8 Å². The molecule has 0 saturated carbocycles. The summed E-state index contributed by atoms with van der Waals surface area (Å²) in [5.74, 6) is -3.82. The Morgan fingerprint density at radius 1 is 1.09 bits per heavy atom. The highest BCUT2D eigenvalue weighted by Crippen LogP contribution is 2.41. The van der Waals surface area contributed by atoms with Crippen LogP contribution in [0.15, 0.2) is 65.0 Å². The second-order valence-corrected chi connectivity index (χ2v) is 11.9. The monoisotopic (exact) mass is 665 g/mol. The Balaban J connectivity index is 1.16. The lowest BCUT2D eigenvalue weighted by Gasteiger charge is -2.49. The van der Waals surface area contributed by atoms with Crippen LogP contribution < -0.4 is 10.6 Å². The van der Waals surface area contributed by atoms with Crippen LogP contribution in [0.5, 0.6) is 11.5 Å². The summed E-state index contributed by atoms with van der Waals surface area (Å²) >= 11 is 2.46. The van der Waals surface area contributed by atoms with Crippen LogP contribution in [0.3, 0.4) is 0 Å². The number of aliphatic carboxylic acids is 1. The van der Waals surface area contributed by atoms with E-state index >= 15 is 0 Å². The molecule has 1 saturated heterocycles. The second kappa shape index (κ2) is 12.9. The molecule has 1 unspecified atom stereocenters. The van der Waals surface area contributed by atoms with E-state index in [4.69, 9.17) is 0 Å². The van der Waals surface area contributed by atoms with Gasteiger partial charge in [0, 0.05) is 11.5 Å². The number of benzene rings is 2. The summed E-state index contributed by atoms with van der Waals surface area (Å²) in [4.78, 5) is 53.4. The van der Waals surface area contributed by atoms with Crippen LogP contribution in [-0.2, 0) is 20.9 Å². The van der Waals surface area contributed by atoms with Gasteiger partial charge in [0.25, 0.3) is 11.8 Å². The number of nitrogens with one attached hydrogen (secondary N) is 3. The smallest absolute Gasteiger partial charge is 0.352 e. The van der Waals surface area contributed by atoms with Crippen LogP contribution in [0.1, 0.15) is 27.8 Å². The average molecular weight is 666 g/mol. The number of thioether (sulfide) groups is 2. The number of H-pyrrole nitrogens is 1. The molecule has 46 heavy (non-hydrogen) atoms. The van der Waals surface area contributed by atoms with E-state index < -0.39 is 52.6 Å². The SMILES string of the molecule is O=C(O)C1=C(CSc2nnnn2Cc2nnn[nH]2)CS[C@H]2[C@H](NC(=O)C(NC(=O)c3cccc(O)c3O)c3ccccc3)C(=O)N12. The maximum atomic E-state index is 13.6. The van der Waals surface area contributed by atoms with Gasteiger partial charge < -0.3 is 26.0 Å². The minimum Gasteiger partial charge on any atom is -0.504 e. The molecule has 3 atom stereocenters. The van der Waals surface area contributed by atoms with Crippen molar-refractivity contribution < 1.29 is 34.5 Å². The first kappa shape index (κ1) is 30.5. The predicted molar refractivity (Wildman–Crippen MR) is 158 cm³/mol. The molecule has 6 rings (SSSR count). The fourth-order valence-electron chi connectivity index (χ4n) is 4.84. The maximum Gasteiger partial charge on any atom is 0.352 e. The van der Waals surface area contributed by atoms with E-state index in [0.29, 0.717) is 22.1 Å². The lowest BCUT2D eigenvalue weighted by molar-refractivity contribution is -0.151. The fraction of sp³-hybridized carbons (Fsp3) is 0.231. The Hall–Kier alpha value is -5.50. The van der Waals surface area contributed by atoms with Gasteiger partial charge in [-0.15, -0.1) is 22.0 Å². The van der Waals surface area contributed by atoms with Crippen molar-refractivity contribution in [1.29, 1.82) is 0 Å². The number of aromatic nitrogens is 8. The van der Waals surface area contributed by atoms with E-state index in [9.17, 15) is 34.5 Å². The Morgan fingerprint density at radius 2 is 1.89 bits per heavy atom. The van der Waals surface area contributed by atoms with Crippen LogP contribution >= 0.6 is 23.5 Å². The van der Waals surface area contributed by atoms with Crippen LogP contribution in [0.25, 0.3) is 0 Å². The molecule has 4 aromatic rings. The number of para-hydroxylation sites is 1. The number of carbonyl (C=O) groups excluding carboxylic acids is 3. The van der Waals surface area contributed by atoms with E-state index in [1.165, 1.54) is 46.4 Å². The minimum absolute atomic E-state index is 0.162. The number of β-lactam (4-membered cyclic amide) rings is 1. The summed E-state index contributed by atoms with van der Waals surface area (Å²) in [6.07, 6.45) is 0. The van der Waals surface area contributed by atoms with Gasteiger partial charge in [-0.25, -0.2) is 14.6 Å². The van der Waals surface area contributed by atoms with E-state index in [0.717, 1.165) is 4.90 Å². The van der Waals surface area contributed by atoms with Crippen molar-refractivity contribution in [3.05, 3.63) is 76.8 Å². The number of nitrogens with zero attached hydrogens (tertiary/aromatic N) is 8. The largest absolute Gasteiger partial charge is 0.504 e. The zero-order chi connectivity index (χ0) is 32.4. The first-order chi connectivity index (χ1) is 22.2. The summed E-state index contributed by atoms with van der Waals surface area (Å²) in [5.41, 5.74) is 0.416. The third kappa shape index (κ3) is 5.94. The van der Waals surface area contributed by atoms with Crippen LogP contribution in [0.2, 0.25) is 0 Å². The van der Waals surface area contributed by atoms with Crippen molar-refractivity contribution in [2.24, 2.45) is 0 Å². The van der Waals surface area contributed by atoms with Crippen molar-refractivity contribution in [1.82, 2.24) is 56.4 Å². The summed E-state index contributed by atoms with van der Waals surface area (Å²) in [5, 5.41) is 59.9. The number of hydrogen-bond donors (Lipinski definition) is 6. The average Bonchev–Trinajstić information content (AvgIpc) is 3.74. The molecule has 0 radical (unpaired) electrons. The fourth-order valence-corrected chi connectivity index (χ4v) is 7.20. The normalized spacial score (nSPS) is 18.0. The molecule has 3 amide bonds. The summed E-state index contributed by atoms with van der Waals surface area (Å²) in [6.45, 7) is 0.162. The van der Waals surface area contributed by atoms with Crippen molar-refractivity contribution in [2.45, 2.75) is 29.2 Å². The van der Waals surface area contributed by atoms with E-state index in [-0.39, 0.29) is 29.3 Å². The highest BCUT2D eigenvalue weighted by Gasteiger charge is 2.54. The molecular formula is C26H23N11O7S2. The number of hydrogen-bond acceptors (Lipinski definition) is 14. The molecule has 0 aliphatic carbocycles. The van der Waals surface area contributed by atoms with E-state index in [1.54, 1.807) is 30.3 Å². The zero-order valence-corrected chi connectivity index (χ0v) is 25.0. The summed E-state index contributed by atoms with van der Waals surface area (Å²) < 4.78 is 1.44. The Kier molecular flexibility index (Phi) is 8.53. The van der Waals surface area contributed by atoms with Crippen molar-refractivity contribution in [3.63, 3.8) is 0 Å². The Morgan fingerprint density at radius 3 is 2.63 bits per heavy atom. The maximum absolute atomic E-state index is 13.6. The van der Waals surface area contributed by atoms with Crippen molar-refractivity contribution in [2.75, 3.05) is 11.5 Å². The number of phenolic OH excluding ortho intramolecular Hbond substituents is 2. The lowest BCUT2D eigenvalue weighted by atomic mass is 10.0. The molecule has 18 nitrogen and oxygen atoms in total. The van der Waals surface area contributed by atoms with Gasteiger partial charge in [0.15, 0.2) is 17.3 Å². The molecule has 0 spiro atoms. The molecule has 1 fully saturated rings. The number of fused-ring (bicyclic) bond motifs is 1. The molecule has 2 aromatic heterocycles. The molecule has 236 valence electrons. The van der Waals surface area contributed by atoms with Gasteiger partial charge in [-0.3, -0.25) is 19.3 Å². The molecule has 2 aromatic carbocycles. The number of amides is 3. The van der Waals surface area contributed by atoms with Gasteiger partial charge in [-0.1, -0.05) is 48.2 Å². The Labute approximate surface area is 266 Å². The standard InChI is InChI=1S/C26H23N11O7S2/c38-15-8-4-7-14(20(15)39)21(40)27-17(12-5-2-1-3-6-12)22(41)28-18-23(42)37-19(25(43)44)13(10-45-24(18)37)11-46-26-31-34-35-36(26)9-16-29-32-33-30-16/h1-8,17-18,24,38-39H,9-11H2,(H,27,40)(H,28,41)(H,43,44)(H,29,30,32,33)/t17?,18-,24+/m1/s1. The van der Waals surface area contributed by atoms with Gasteiger partial charge >= 0.3 is 5.97 Å². The minimum atomic E-state index is -1.30. The van der Waals surface area contributed by atoms with E-state index in [1.807, 2.05) is 0 Å². The Bertz CT molecular complexity index is 1830. The topological polar surface area (TPSA) is 254 Å². The molecule has 2 aliphatic heterocycles. The highest BCUT2D eigenvalue weighted by molar-refractivity contribution is 8.01. The molecule has 4 heterocycles. The molecular weight excluding hydrogens is 642 g/mol. The first-order valence-corrected chi connectivity index (χ1v) is 15.4. The quantitative estimate of drug-likeness (QED) is 0.0680. The van der Waals surface area contributed by atoms with Crippen LogP contribution in [0.4, 0.5) is 0 Å². The number of carboxylic acids is 1. The molecule has 20 heteroatoms. The van der Waals surface area contributed by atoms with Gasteiger partial charge in [0.2, 0.25) is 11.1 Å².